The third-order valence-electron chi connectivity index (χ3n) is 16.0. The number of carboxylic acids is 1. The molecule has 21 nitrogen and oxygen atoms in total. The van der Waals surface area contributed by atoms with Gasteiger partial charge in [-0.15, -0.1) is 0 Å². The van der Waals surface area contributed by atoms with E-state index in [1.54, 1.807) is 36.4 Å². The van der Waals surface area contributed by atoms with E-state index in [2.05, 4.69) is 146 Å². The monoisotopic (exact) mass is 1190 g/mol. The van der Waals surface area contributed by atoms with Crippen molar-refractivity contribution in [3.8, 4) is 5.75 Å². The summed E-state index contributed by atoms with van der Waals surface area (Å²) in [6.45, 7) is 14.7. The minimum Gasteiger partial charge on any atom is -0.480 e. The summed E-state index contributed by atoms with van der Waals surface area (Å²) in [4.78, 5) is 60.8. The fraction of sp³-hybridized carbons (Fsp3) is 0.359. The average molecular weight is 1190 g/mol. The number of anilines is 3. The van der Waals surface area contributed by atoms with E-state index >= 15 is 0 Å². The second-order valence-corrected chi connectivity index (χ2v) is 24.5. The van der Waals surface area contributed by atoms with Gasteiger partial charge in [-0.3, -0.25) is 19.1 Å². The van der Waals surface area contributed by atoms with Gasteiger partial charge in [-0.05, 0) is 164 Å². The van der Waals surface area contributed by atoms with Crippen molar-refractivity contribution in [2.75, 3.05) is 34.8 Å². The lowest BCUT2D eigenvalue weighted by Crippen LogP contribution is -2.42. The number of aryl methyl sites for hydroxylation is 1. The lowest BCUT2D eigenvalue weighted by Gasteiger charge is -2.27. The number of rotatable bonds is 26. The van der Waals surface area contributed by atoms with Gasteiger partial charge < -0.3 is 31.1 Å². The Bertz CT molecular complexity index is 3850. The number of hydrogen-bond acceptors (Lipinski definition) is 16. The number of nitrogen functional groups attached to an aromatic ring is 1. The van der Waals surface area contributed by atoms with Crippen molar-refractivity contribution in [2.24, 2.45) is 0 Å². The van der Waals surface area contributed by atoms with E-state index in [1.165, 1.54) is 6.20 Å². The molecular weight excluding hydrogens is 1120 g/mol. The Morgan fingerprint density at radius 3 is 2.41 bits per heavy atom. The van der Waals surface area contributed by atoms with Crippen LogP contribution in [0, 0.1) is 6.92 Å². The number of unbranched alkanes of at least 4 members (excludes halogenated alkanes) is 3. The molecule has 0 bridgehead atoms. The van der Waals surface area contributed by atoms with Crippen molar-refractivity contribution in [3.63, 3.8) is 0 Å². The van der Waals surface area contributed by atoms with Crippen LogP contribution in [0.3, 0.4) is 0 Å². The van der Waals surface area contributed by atoms with Gasteiger partial charge >= 0.3 is 5.97 Å². The lowest BCUT2D eigenvalue weighted by atomic mass is 9.80. The van der Waals surface area contributed by atoms with Crippen molar-refractivity contribution in [3.05, 3.63) is 187 Å². The first kappa shape index (κ1) is 62.2. The van der Waals surface area contributed by atoms with E-state index < -0.39 is 44.4 Å². The molecule has 2 aromatic heterocycles. The smallest absolute Gasteiger partial charge is 0.326 e. The topological polar surface area (TPSA) is 294 Å². The van der Waals surface area contributed by atoms with E-state index in [9.17, 15) is 32.5 Å². The summed E-state index contributed by atoms with van der Waals surface area (Å²) in [7, 11) is -4.11. The maximum atomic E-state index is 13.5. The number of nitrogens with one attached hydrogen (secondary N) is 3. The molecule has 0 saturated heterocycles. The highest BCUT2D eigenvalue weighted by molar-refractivity contribution is 7.85. The van der Waals surface area contributed by atoms with Crippen LogP contribution >= 0.6 is 0 Å². The molecule has 1 aliphatic carbocycles. The molecule has 452 valence electrons. The van der Waals surface area contributed by atoms with Gasteiger partial charge in [0.25, 0.3) is 21.6 Å². The number of H-pyrrole nitrogens is 1. The molecule has 0 fully saturated rings. The van der Waals surface area contributed by atoms with Crippen LogP contribution in [0.2, 0.25) is 0 Å². The fourth-order valence-corrected chi connectivity index (χ4v) is 12.0. The Kier molecular flexibility index (Phi) is 19.4. The summed E-state index contributed by atoms with van der Waals surface area (Å²) < 4.78 is 42.3. The molecule has 0 spiro atoms. The van der Waals surface area contributed by atoms with Crippen LogP contribution in [0.4, 0.5) is 23.0 Å². The number of benzene rings is 4. The molecule has 1 atom stereocenters. The zero-order chi connectivity index (χ0) is 61.3. The summed E-state index contributed by atoms with van der Waals surface area (Å²) >= 11 is 0. The number of aliphatic carboxylic acids is 1. The molecule has 22 heteroatoms. The van der Waals surface area contributed by atoms with Crippen LogP contribution in [-0.4, -0.2) is 90.3 Å². The Labute approximate surface area is 499 Å². The van der Waals surface area contributed by atoms with Crippen LogP contribution in [0.25, 0.3) is 11.2 Å². The molecule has 1 amide bonds. The van der Waals surface area contributed by atoms with Gasteiger partial charge in [-0.25, -0.2) is 20.0 Å². The van der Waals surface area contributed by atoms with Crippen molar-refractivity contribution < 1.29 is 57.2 Å². The number of nitrogens with zero attached hydrogens (tertiary/aromatic N) is 5. The van der Waals surface area contributed by atoms with E-state index in [4.69, 9.17) is 20.6 Å². The van der Waals surface area contributed by atoms with Crippen LogP contribution in [0.1, 0.15) is 130 Å². The molecule has 6 aromatic rings. The number of ether oxygens (including phenoxy) is 1. The first-order chi connectivity index (χ1) is 41.1. The third kappa shape index (κ3) is 14.6. The minimum absolute atomic E-state index is 0.0108. The minimum atomic E-state index is -4.11. The number of aromatic nitrogens is 4. The van der Waals surface area contributed by atoms with E-state index in [0.717, 1.165) is 94.8 Å². The molecule has 2 aliphatic heterocycles. The summed E-state index contributed by atoms with van der Waals surface area (Å²) in [6, 6.07) is 25.0. The SMILES string of the molecule is CCCCC[N+]1=C(/C=C/C2=C(Oc3ccc(C[C@H](NC(=O)c4ccc(NCc5cnc6nc(N)[nH]c(=O)c6n5)cc4)C(=O)O)cc3)C(=C/C=C3/N(CCCCS(=O)(=O)O)c4ccc(C)cc4C3(C)C)/CCC2)C(C)(C)c2cc(COOOO)ccc21. The average Bonchev–Trinajstić information content (AvgIpc) is 1.69. The highest BCUT2D eigenvalue weighted by Gasteiger charge is 2.45. The second kappa shape index (κ2) is 26.9. The largest absolute Gasteiger partial charge is 0.480 e. The number of carbonyl (C=O) groups is 2. The van der Waals surface area contributed by atoms with Crippen molar-refractivity contribution in [1.82, 2.24) is 25.3 Å². The summed E-state index contributed by atoms with van der Waals surface area (Å²) in [5.41, 5.74) is 16.9. The quantitative estimate of drug-likeness (QED) is 0.00873. The molecule has 4 heterocycles. The van der Waals surface area contributed by atoms with Gasteiger partial charge in [0, 0.05) is 65.1 Å². The molecule has 86 heavy (non-hydrogen) atoms. The van der Waals surface area contributed by atoms with E-state index in [-0.39, 0.29) is 48.0 Å². The maximum absolute atomic E-state index is 13.5. The number of carboxylic acid groups (broad SMARTS) is 1. The van der Waals surface area contributed by atoms with Crippen LogP contribution in [-0.2, 0) is 60.3 Å². The highest BCUT2D eigenvalue weighted by Crippen LogP contribution is 2.49. The number of aromatic amines is 1. The van der Waals surface area contributed by atoms with Gasteiger partial charge in [0.1, 0.15) is 30.7 Å². The van der Waals surface area contributed by atoms with Gasteiger partial charge in [0.15, 0.2) is 16.9 Å². The van der Waals surface area contributed by atoms with Gasteiger partial charge in [0.05, 0.1) is 29.6 Å². The number of amides is 1. The Morgan fingerprint density at radius 2 is 1.67 bits per heavy atom. The normalized spacial score (nSPS) is 16.8. The van der Waals surface area contributed by atoms with Crippen LogP contribution in [0.5, 0.6) is 5.75 Å². The Hall–Kier alpha value is -8.38. The second-order valence-electron chi connectivity index (χ2n) is 22.9. The first-order valence-corrected chi connectivity index (χ1v) is 30.4. The van der Waals surface area contributed by atoms with Crippen LogP contribution in [0.15, 0.2) is 143 Å². The highest BCUT2D eigenvalue weighted by atomic mass is 32.2. The van der Waals surface area contributed by atoms with Crippen molar-refractivity contribution in [1.29, 1.82) is 0 Å². The summed E-state index contributed by atoms with van der Waals surface area (Å²) in [6.07, 6.45) is 16.4. The standard InChI is InChI=1S/C64H73N9O12S/c1-7-8-9-31-72-53-28-18-42(39-82-85-84-78)35-50(53)64(5,6)55(72)30-22-44-14-12-13-43(21-29-54-63(3,4)49-34-40(2)15-27-52(49)73(54)32-10-11-33-86(79,80)81)57(44)83-48-25-16-41(17-26-48)36-51(61(76)77)69-59(74)45-19-23-46(24-20-45)66-37-47-38-67-58-56(68-47)60(75)71-62(65)70-58/h15-30,34-35,38,51H,7-14,31-33,36-37,39H2,1-6H3,(H7-,65,66,67,69,70,71,74,75,76,77,78,79,80,81)/p+1/t51-/m0/s1. The Morgan fingerprint density at radius 1 is 0.907 bits per heavy atom. The predicted molar refractivity (Wildman–Crippen MR) is 328 cm³/mol. The lowest BCUT2D eigenvalue weighted by molar-refractivity contribution is -0.626. The first-order valence-electron chi connectivity index (χ1n) is 28.8. The molecular formula is C64H74N9O12S+. The number of carbonyl (C=O) groups excluding carboxylic acids is 1. The molecule has 9 rings (SSSR count). The molecule has 0 saturated carbocycles. The fourth-order valence-electron chi connectivity index (χ4n) is 11.5. The molecule has 8 N–H and O–H groups in total. The number of nitrogens with two attached hydrogens (primary N) is 1. The number of allylic oxidation sites excluding steroid dienone is 7. The van der Waals surface area contributed by atoms with Crippen molar-refractivity contribution in [2.45, 2.75) is 129 Å². The number of fused-ring (bicyclic) bond motifs is 3. The van der Waals surface area contributed by atoms with Gasteiger partial charge in [-0.1, -0.05) is 63.1 Å². The van der Waals surface area contributed by atoms with E-state index in [0.29, 0.717) is 54.3 Å². The molecule has 3 aliphatic rings. The summed E-state index contributed by atoms with van der Waals surface area (Å²) in [5, 5.41) is 32.9. The zero-order valence-electron chi connectivity index (χ0n) is 49.2. The molecule has 0 radical (unpaired) electrons. The third-order valence-corrected chi connectivity index (χ3v) is 16.8. The number of hydrogen-bond donors (Lipinski definition) is 7. The Balaban J connectivity index is 0.988. The van der Waals surface area contributed by atoms with Gasteiger partial charge in [-0.2, -0.15) is 22.9 Å². The predicted octanol–water partition coefficient (Wildman–Crippen LogP) is 10.4. The zero-order valence-corrected chi connectivity index (χ0v) is 50.0. The summed E-state index contributed by atoms with van der Waals surface area (Å²) in [5.74, 6) is -0.928. The maximum Gasteiger partial charge on any atom is 0.326 e. The molecule has 0 unspecified atom stereocenters. The van der Waals surface area contributed by atoms with Gasteiger partial charge in [0.2, 0.25) is 11.6 Å². The van der Waals surface area contributed by atoms with E-state index in [1.807, 2.05) is 18.2 Å². The van der Waals surface area contributed by atoms with Crippen molar-refractivity contribution >= 4 is 61.9 Å². The van der Waals surface area contributed by atoms with Crippen LogP contribution < -0.4 is 31.6 Å². The molecule has 4 aromatic carbocycles.